The number of carbonyl (C=O) groups excluding carboxylic acids is 1. The van der Waals surface area contributed by atoms with Gasteiger partial charge in [0, 0.05) is 26.2 Å². The molecule has 2 aromatic rings. The van der Waals surface area contributed by atoms with Gasteiger partial charge < -0.3 is 9.64 Å². The molecule has 7 nitrogen and oxygen atoms in total. The average molecular weight is 455 g/mol. The van der Waals surface area contributed by atoms with Crippen molar-refractivity contribution in [2.24, 2.45) is 11.1 Å². The highest BCUT2D eigenvalue weighted by Crippen LogP contribution is 2.32. The highest BCUT2D eigenvalue weighted by Gasteiger charge is 2.40. The topological polar surface area (TPSA) is 92.9 Å². The van der Waals surface area contributed by atoms with Gasteiger partial charge in [-0.1, -0.05) is 6.07 Å². The molecule has 1 fully saturated rings. The minimum atomic E-state index is -4.41. The molecule has 1 saturated heterocycles. The molecule has 1 amide bonds. The molecule has 0 bridgehead atoms. The smallest absolute Gasteiger partial charge is 0.416 e. The number of alkyl halides is 3. The minimum absolute atomic E-state index is 0.0814. The van der Waals surface area contributed by atoms with E-state index in [0.29, 0.717) is 25.3 Å². The molecule has 2 heterocycles. The Morgan fingerprint density at radius 2 is 1.68 bits per heavy atom. The van der Waals surface area contributed by atoms with Crippen molar-refractivity contribution in [3.63, 3.8) is 0 Å². The summed E-state index contributed by atoms with van der Waals surface area (Å²) in [5.74, 6) is 0.192. The summed E-state index contributed by atoms with van der Waals surface area (Å²) in [6.07, 6.45) is -3.76. The number of ether oxygens (including phenoxy) is 1. The van der Waals surface area contributed by atoms with Gasteiger partial charge in [-0.3, -0.25) is 4.79 Å². The number of amides is 1. The van der Waals surface area contributed by atoms with Crippen LogP contribution in [-0.4, -0.2) is 43.2 Å². The van der Waals surface area contributed by atoms with Crippen LogP contribution in [-0.2, 0) is 34.1 Å². The molecule has 0 unspecified atom stereocenters. The van der Waals surface area contributed by atoms with Gasteiger partial charge in [0.05, 0.1) is 11.5 Å². The zero-order valence-corrected chi connectivity index (χ0v) is 17.1. The van der Waals surface area contributed by atoms with Crippen LogP contribution < -0.4 is 9.88 Å². The number of rotatable bonds is 4. The van der Waals surface area contributed by atoms with E-state index < -0.39 is 27.9 Å². The van der Waals surface area contributed by atoms with Gasteiger partial charge in [-0.15, -0.1) is 0 Å². The second-order valence-corrected chi connectivity index (χ2v) is 9.17. The van der Waals surface area contributed by atoms with Crippen molar-refractivity contribution in [3.05, 3.63) is 59.2 Å². The lowest BCUT2D eigenvalue weighted by molar-refractivity contribution is -0.140. The Bertz CT molecular complexity index is 1100. The largest absolute Gasteiger partial charge is 0.457 e. The number of nitrogens with zero attached hydrogens (tertiary/aromatic N) is 2. The van der Waals surface area contributed by atoms with Gasteiger partial charge in [0.1, 0.15) is 11.5 Å². The number of carbonyl (C=O) groups is 1. The molecular weight excluding hydrogens is 435 g/mol. The first-order valence-electron chi connectivity index (χ1n) is 9.54. The van der Waals surface area contributed by atoms with Gasteiger partial charge in [0.25, 0.3) is 10.2 Å². The fraction of sp³-hybridized carbons (Fsp3) is 0.350. The Balaban J connectivity index is 1.42. The van der Waals surface area contributed by atoms with Crippen LogP contribution in [0, 0.1) is 5.92 Å². The van der Waals surface area contributed by atoms with Crippen LogP contribution >= 0.6 is 0 Å². The third-order valence-corrected chi connectivity index (χ3v) is 6.49. The van der Waals surface area contributed by atoms with Crippen molar-refractivity contribution in [3.8, 4) is 11.5 Å². The van der Waals surface area contributed by atoms with Crippen LogP contribution in [0.5, 0.6) is 11.5 Å². The molecule has 2 N–H and O–H groups in total. The van der Waals surface area contributed by atoms with Gasteiger partial charge in [0.15, 0.2) is 0 Å². The van der Waals surface area contributed by atoms with Crippen molar-refractivity contribution < 1.29 is 31.1 Å². The molecule has 0 spiro atoms. The van der Waals surface area contributed by atoms with Gasteiger partial charge >= 0.3 is 6.18 Å². The Hall–Kier alpha value is -2.63. The van der Waals surface area contributed by atoms with E-state index in [0.717, 1.165) is 27.6 Å². The first-order chi connectivity index (χ1) is 14.5. The van der Waals surface area contributed by atoms with E-state index >= 15 is 0 Å². The van der Waals surface area contributed by atoms with Gasteiger partial charge in [-0.25, -0.2) is 5.14 Å². The number of fused-ring (bicyclic) bond motifs is 1. The van der Waals surface area contributed by atoms with E-state index in [1.54, 1.807) is 17.0 Å². The molecule has 2 aliphatic rings. The van der Waals surface area contributed by atoms with Crippen molar-refractivity contribution in [1.82, 2.24) is 9.21 Å². The molecule has 11 heteroatoms. The Labute approximate surface area is 177 Å². The van der Waals surface area contributed by atoms with Gasteiger partial charge in [-0.2, -0.15) is 25.9 Å². The van der Waals surface area contributed by atoms with Crippen LogP contribution in [0.4, 0.5) is 13.2 Å². The van der Waals surface area contributed by atoms with Crippen molar-refractivity contribution in [2.75, 3.05) is 19.6 Å². The van der Waals surface area contributed by atoms with Crippen molar-refractivity contribution in [2.45, 2.75) is 19.1 Å². The lowest BCUT2D eigenvalue weighted by atomic mass is 9.96. The standard InChI is InChI=1S/C20H20F3N3O4S/c21-20(22,23)16-2-5-17(6-3-16)30-18-4-1-13-7-8-25(10-14(13)9-18)19(27)15-11-26(12-15)31(24,28)29/h1-6,9,15H,7-8,10-12H2,(H2,24,28,29). The Morgan fingerprint density at radius 1 is 1.03 bits per heavy atom. The second kappa shape index (κ2) is 7.81. The number of halogens is 3. The molecule has 166 valence electrons. The third-order valence-electron chi connectivity index (χ3n) is 5.48. The lowest BCUT2D eigenvalue weighted by Gasteiger charge is -2.39. The van der Waals surface area contributed by atoms with E-state index in [1.165, 1.54) is 12.1 Å². The fourth-order valence-corrected chi connectivity index (χ4v) is 4.47. The number of nitrogens with two attached hydrogens (primary N) is 1. The van der Waals surface area contributed by atoms with Crippen molar-refractivity contribution >= 4 is 16.1 Å². The maximum atomic E-state index is 12.7. The summed E-state index contributed by atoms with van der Waals surface area (Å²) < 4.78 is 67.4. The maximum Gasteiger partial charge on any atom is 0.416 e. The van der Waals surface area contributed by atoms with E-state index in [2.05, 4.69) is 0 Å². The zero-order chi connectivity index (χ0) is 22.4. The number of hydrogen-bond acceptors (Lipinski definition) is 4. The fourth-order valence-electron chi connectivity index (χ4n) is 3.69. The molecule has 2 aromatic carbocycles. The molecule has 2 aliphatic heterocycles. The molecule has 0 radical (unpaired) electrons. The molecular formula is C20H20F3N3O4S. The van der Waals surface area contributed by atoms with E-state index in [1.807, 2.05) is 6.07 Å². The van der Waals surface area contributed by atoms with Crippen LogP contribution in [0.15, 0.2) is 42.5 Å². The van der Waals surface area contributed by atoms with Gasteiger partial charge in [-0.05, 0) is 53.9 Å². The highest BCUT2D eigenvalue weighted by molar-refractivity contribution is 7.86. The molecule has 4 rings (SSSR count). The summed E-state index contributed by atoms with van der Waals surface area (Å²) in [4.78, 5) is 14.4. The van der Waals surface area contributed by atoms with Crippen LogP contribution in [0.2, 0.25) is 0 Å². The predicted molar refractivity (Wildman–Crippen MR) is 105 cm³/mol. The second-order valence-electron chi connectivity index (χ2n) is 7.62. The lowest BCUT2D eigenvalue weighted by Crippen LogP contribution is -2.58. The molecule has 0 aliphatic carbocycles. The first-order valence-corrected chi connectivity index (χ1v) is 11.0. The molecule has 0 atom stereocenters. The number of benzene rings is 2. The molecule has 31 heavy (non-hydrogen) atoms. The SMILES string of the molecule is NS(=O)(=O)N1CC(C(=O)N2CCc3ccc(Oc4ccc(C(F)(F)F)cc4)cc3C2)C1. The summed E-state index contributed by atoms with van der Waals surface area (Å²) in [6.45, 7) is 1.04. The monoisotopic (exact) mass is 455 g/mol. The van der Waals surface area contributed by atoms with E-state index in [4.69, 9.17) is 9.88 Å². The normalized spacial score (nSPS) is 17.7. The van der Waals surface area contributed by atoms with Crippen LogP contribution in [0.3, 0.4) is 0 Å². The van der Waals surface area contributed by atoms with Crippen LogP contribution in [0.25, 0.3) is 0 Å². The maximum absolute atomic E-state index is 12.7. The first kappa shape index (κ1) is 21.6. The summed E-state index contributed by atoms with van der Waals surface area (Å²) in [5.41, 5.74) is 1.19. The quantitative estimate of drug-likeness (QED) is 0.767. The summed E-state index contributed by atoms with van der Waals surface area (Å²) in [6, 6.07) is 9.81. The molecule has 0 aromatic heterocycles. The number of hydrogen-bond donors (Lipinski definition) is 1. The molecule has 0 saturated carbocycles. The summed E-state index contributed by atoms with van der Waals surface area (Å²) in [5, 5.41) is 5.06. The summed E-state index contributed by atoms with van der Waals surface area (Å²) in [7, 11) is -3.77. The Morgan fingerprint density at radius 3 is 2.29 bits per heavy atom. The Kier molecular flexibility index (Phi) is 5.44. The van der Waals surface area contributed by atoms with Gasteiger partial charge in [0.2, 0.25) is 5.91 Å². The predicted octanol–water partition coefficient (Wildman–Crippen LogP) is 2.52. The summed E-state index contributed by atoms with van der Waals surface area (Å²) >= 11 is 0. The minimum Gasteiger partial charge on any atom is -0.457 e. The van der Waals surface area contributed by atoms with Crippen LogP contribution in [0.1, 0.15) is 16.7 Å². The third kappa shape index (κ3) is 4.68. The van der Waals surface area contributed by atoms with E-state index in [9.17, 15) is 26.4 Å². The van der Waals surface area contributed by atoms with E-state index in [-0.39, 0.29) is 24.7 Å². The highest BCUT2D eigenvalue weighted by atomic mass is 32.2. The average Bonchev–Trinajstić information content (AvgIpc) is 2.65. The van der Waals surface area contributed by atoms with Crippen molar-refractivity contribution in [1.29, 1.82) is 0 Å². The zero-order valence-electron chi connectivity index (χ0n) is 16.3.